The largest absolute Gasteiger partial charge is 0.421 e. The van der Waals surface area contributed by atoms with Crippen LogP contribution < -0.4 is 21.3 Å². The lowest BCUT2D eigenvalue weighted by atomic mass is 9.99. The topological polar surface area (TPSA) is 125 Å². The van der Waals surface area contributed by atoms with Crippen molar-refractivity contribution >= 4 is 38.9 Å². The average molecular weight is 485 g/mol. The van der Waals surface area contributed by atoms with E-state index >= 15 is 0 Å². The first-order valence-electron chi connectivity index (χ1n) is 10.3. The zero-order chi connectivity index (χ0) is 23.8. The molecule has 4 rings (SSSR count). The van der Waals surface area contributed by atoms with Crippen LogP contribution in [0.3, 0.4) is 0 Å². The molecule has 2 aliphatic rings. The van der Waals surface area contributed by atoms with Crippen LogP contribution >= 0.6 is 0 Å². The van der Waals surface area contributed by atoms with E-state index < -0.39 is 38.7 Å². The molecule has 13 heteroatoms. The van der Waals surface area contributed by atoms with Crippen molar-refractivity contribution in [2.75, 3.05) is 35.3 Å². The molecule has 2 aliphatic heterocycles. The van der Waals surface area contributed by atoms with Gasteiger partial charge in [0.15, 0.2) is 9.84 Å². The fraction of sp³-hybridized carbons (Fsp3) is 0.450. The molecule has 2 aromatic rings. The Bertz CT molecular complexity index is 1170. The van der Waals surface area contributed by atoms with E-state index in [1.807, 2.05) is 0 Å². The van der Waals surface area contributed by atoms with Crippen molar-refractivity contribution in [2.45, 2.75) is 30.8 Å². The van der Waals surface area contributed by atoms with E-state index in [4.69, 9.17) is 0 Å². The maximum absolute atomic E-state index is 13.7. The van der Waals surface area contributed by atoms with Gasteiger partial charge in [0, 0.05) is 41.9 Å². The molecule has 0 aliphatic carbocycles. The van der Waals surface area contributed by atoms with E-state index in [0.717, 1.165) is 12.8 Å². The summed E-state index contributed by atoms with van der Waals surface area (Å²) in [5.41, 5.74) is 0.535. The number of hydrogen-bond acceptors (Lipinski definition) is 8. The molecule has 0 bridgehead atoms. The number of amides is 1. The van der Waals surface area contributed by atoms with Crippen LogP contribution in [0.1, 0.15) is 24.0 Å². The van der Waals surface area contributed by atoms with Gasteiger partial charge in [-0.25, -0.2) is 13.4 Å². The lowest BCUT2D eigenvalue weighted by Gasteiger charge is -2.31. The number of carbonyl (C=O) groups excluding carboxylic acids is 1. The molecule has 1 saturated heterocycles. The van der Waals surface area contributed by atoms with Gasteiger partial charge in [-0.1, -0.05) is 6.07 Å². The number of alkyl halides is 3. The highest BCUT2D eigenvalue weighted by molar-refractivity contribution is 7.91. The number of piperidine rings is 1. The average Bonchev–Trinajstić information content (AvgIpc) is 3.12. The van der Waals surface area contributed by atoms with Gasteiger partial charge in [-0.15, -0.1) is 0 Å². The molecule has 1 fully saturated rings. The summed E-state index contributed by atoms with van der Waals surface area (Å²) in [7, 11) is -3.76. The summed E-state index contributed by atoms with van der Waals surface area (Å²) in [4.78, 5) is 19.5. The molecule has 0 spiro atoms. The molecule has 33 heavy (non-hydrogen) atoms. The van der Waals surface area contributed by atoms with Crippen molar-refractivity contribution in [1.29, 1.82) is 0 Å². The molecule has 0 radical (unpaired) electrons. The predicted molar refractivity (Wildman–Crippen MR) is 117 cm³/mol. The molecule has 1 amide bonds. The van der Waals surface area contributed by atoms with Crippen LogP contribution in [0.2, 0.25) is 0 Å². The fourth-order valence-corrected chi connectivity index (χ4v) is 5.35. The Hall–Kier alpha value is -2.93. The molecule has 2 atom stereocenters. The normalized spacial score (nSPS) is 19.5. The van der Waals surface area contributed by atoms with Crippen molar-refractivity contribution in [1.82, 2.24) is 15.3 Å². The number of anilines is 4. The summed E-state index contributed by atoms with van der Waals surface area (Å²) in [6, 6.07) is 5.03. The minimum Gasteiger partial charge on any atom is -0.353 e. The van der Waals surface area contributed by atoms with Gasteiger partial charge in [0.2, 0.25) is 11.9 Å². The standard InChI is InChI=1S/C20H23F3N6O3S/c1-33(31,32)18(11-4-3-7-24-9-11)28-17-13(20(21,22)23)10-25-19(29-17)27-15-6-2-5-14-12(15)8-16(30)26-14/h2,5-6,10-11,18,24H,3-4,7-9H2,1H3,(H,26,30)(H2,25,27,28,29). The number of hydrogen-bond donors (Lipinski definition) is 4. The van der Waals surface area contributed by atoms with E-state index in [9.17, 15) is 26.4 Å². The molecule has 1 aromatic carbocycles. The summed E-state index contributed by atoms with van der Waals surface area (Å²) in [5, 5.41) is 9.92. The number of rotatable bonds is 6. The van der Waals surface area contributed by atoms with Crippen molar-refractivity contribution in [3.8, 4) is 0 Å². The Labute approximate surface area is 188 Å². The third kappa shape index (κ3) is 5.19. The maximum atomic E-state index is 13.7. The van der Waals surface area contributed by atoms with Gasteiger partial charge in [-0.05, 0) is 31.5 Å². The van der Waals surface area contributed by atoms with Crippen LogP contribution in [0.15, 0.2) is 24.4 Å². The number of fused-ring (bicyclic) bond motifs is 1. The molecule has 4 N–H and O–H groups in total. The van der Waals surface area contributed by atoms with Gasteiger partial charge < -0.3 is 21.3 Å². The van der Waals surface area contributed by atoms with Crippen LogP contribution in [0, 0.1) is 5.92 Å². The number of nitrogens with one attached hydrogen (secondary N) is 4. The van der Waals surface area contributed by atoms with E-state index in [0.29, 0.717) is 42.5 Å². The molecular formula is C20H23F3N6O3S. The van der Waals surface area contributed by atoms with Gasteiger partial charge in [-0.2, -0.15) is 18.2 Å². The maximum Gasteiger partial charge on any atom is 0.421 e. The quantitative estimate of drug-likeness (QED) is 0.493. The third-order valence-electron chi connectivity index (χ3n) is 5.63. The van der Waals surface area contributed by atoms with Crippen molar-refractivity contribution in [3.05, 3.63) is 35.5 Å². The first kappa shape index (κ1) is 23.2. The monoisotopic (exact) mass is 484 g/mol. The van der Waals surface area contributed by atoms with Gasteiger partial charge in [0.1, 0.15) is 16.8 Å². The minimum absolute atomic E-state index is 0.106. The Morgan fingerprint density at radius 1 is 1.27 bits per heavy atom. The zero-order valence-corrected chi connectivity index (χ0v) is 18.5. The molecule has 0 saturated carbocycles. The van der Waals surface area contributed by atoms with Crippen molar-refractivity contribution in [2.24, 2.45) is 5.92 Å². The summed E-state index contributed by atoms with van der Waals surface area (Å²) >= 11 is 0. The summed E-state index contributed by atoms with van der Waals surface area (Å²) in [6.45, 7) is 1.08. The predicted octanol–water partition coefficient (Wildman–Crippen LogP) is 2.52. The first-order valence-corrected chi connectivity index (χ1v) is 12.3. The lowest BCUT2D eigenvalue weighted by molar-refractivity contribution is -0.137. The van der Waals surface area contributed by atoms with Gasteiger partial charge in [0.25, 0.3) is 0 Å². The van der Waals surface area contributed by atoms with Crippen molar-refractivity contribution in [3.63, 3.8) is 0 Å². The van der Waals surface area contributed by atoms with Crippen molar-refractivity contribution < 1.29 is 26.4 Å². The number of sulfone groups is 1. The second-order valence-electron chi connectivity index (χ2n) is 8.14. The number of benzene rings is 1. The van der Waals surface area contributed by atoms with Crippen LogP contribution in [-0.2, 0) is 27.2 Å². The van der Waals surface area contributed by atoms with Crippen LogP contribution in [0.25, 0.3) is 0 Å². The van der Waals surface area contributed by atoms with E-state index in [1.54, 1.807) is 18.2 Å². The number of carbonyl (C=O) groups is 1. The summed E-state index contributed by atoms with van der Waals surface area (Å²) in [6.07, 6.45) is -1.82. The molecule has 178 valence electrons. The van der Waals surface area contributed by atoms with E-state index in [-0.39, 0.29) is 18.3 Å². The Morgan fingerprint density at radius 2 is 2.06 bits per heavy atom. The van der Waals surface area contributed by atoms with Gasteiger partial charge in [-0.3, -0.25) is 4.79 Å². The summed E-state index contributed by atoms with van der Waals surface area (Å²) < 4.78 is 65.9. The van der Waals surface area contributed by atoms with E-state index in [2.05, 4.69) is 31.2 Å². The summed E-state index contributed by atoms with van der Waals surface area (Å²) in [5.74, 6) is -1.40. The highest BCUT2D eigenvalue weighted by Crippen LogP contribution is 2.36. The molecule has 3 heterocycles. The molecule has 1 aromatic heterocycles. The van der Waals surface area contributed by atoms with Crippen LogP contribution in [0.5, 0.6) is 0 Å². The number of nitrogens with zero attached hydrogens (tertiary/aromatic N) is 2. The molecule has 9 nitrogen and oxygen atoms in total. The Kier molecular flexibility index (Phi) is 6.18. The van der Waals surface area contributed by atoms with Crippen LogP contribution in [-0.4, -0.2) is 49.0 Å². The number of aromatic nitrogens is 2. The second kappa shape index (κ2) is 8.78. The lowest BCUT2D eigenvalue weighted by Crippen LogP contribution is -2.44. The minimum atomic E-state index is -4.79. The Morgan fingerprint density at radius 3 is 2.73 bits per heavy atom. The smallest absolute Gasteiger partial charge is 0.353 e. The first-order chi connectivity index (χ1) is 15.5. The van der Waals surface area contributed by atoms with Gasteiger partial charge >= 0.3 is 6.18 Å². The molecule has 2 unspecified atom stereocenters. The SMILES string of the molecule is CS(=O)(=O)C(Nc1nc(Nc2cccc3c2CC(=O)N3)ncc1C(F)(F)F)C1CCCNC1. The van der Waals surface area contributed by atoms with Crippen LogP contribution in [0.4, 0.5) is 36.3 Å². The zero-order valence-electron chi connectivity index (χ0n) is 17.7. The van der Waals surface area contributed by atoms with E-state index in [1.165, 1.54) is 0 Å². The highest BCUT2D eigenvalue weighted by atomic mass is 32.2. The third-order valence-corrected chi connectivity index (χ3v) is 7.06. The highest BCUT2D eigenvalue weighted by Gasteiger charge is 2.38. The molecular weight excluding hydrogens is 461 g/mol. The number of halogens is 3. The van der Waals surface area contributed by atoms with Gasteiger partial charge in [0.05, 0.1) is 6.42 Å². The Balaban J connectivity index is 1.69. The fourth-order valence-electron chi connectivity index (χ4n) is 4.09. The second-order valence-corrected chi connectivity index (χ2v) is 10.3.